The van der Waals surface area contributed by atoms with E-state index in [4.69, 9.17) is 0 Å². The molecule has 0 unspecified atom stereocenters. The van der Waals surface area contributed by atoms with E-state index in [2.05, 4.69) is 75.1 Å². The lowest BCUT2D eigenvalue weighted by atomic mass is 9.97. The number of anilines is 1. The first-order valence-corrected chi connectivity index (χ1v) is 8.53. The maximum absolute atomic E-state index is 4.49. The second-order valence-electron chi connectivity index (χ2n) is 6.21. The van der Waals surface area contributed by atoms with E-state index in [0.717, 1.165) is 16.6 Å². The standard InChI is InChI=1S/C22H16N4/c1-3-9-17-15(7-1)13-16-8-2-4-10-18(16)19(17)14-23-26-22-24-20-11-5-6-12-21(20)25-22/h1-14H,(H2,24,25,26)/b23-14+. The molecule has 0 amide bonds. The molecule has 0 aliphatic rings. The smallest absolute Gasteiger partial charge is 0.222 e. The van der Waals surface area contributed by atoms with Crippen LogP contribution in [0.4, 0.5) is 5.95 Å². The van der Waals surface area contributed by atoms with Crippen LogP contribution in [0.2, 0.25) is 0 Å². The Bertz CT molecular complexity index is 1180. The number of para-hydroxylation sites is 2. The van der Waals surface area contributed by atoms with Crippen LogP contribution in [0.5, 0.6) is 0 Å². The van der Waals surface area contributed by atoms with Crippen molar-refractivity contribution < 1.29 is 0 Å². The van der Waals surface area contributed by atoms with E-state index in [1.54, 1.807) is 0 Å². The number of aromatic amines is 1. The lowest BCUT2D eigenvalue weighted by molar-refractivity contribution is 1.22. The van der Waals surface area contributed by atoms with Crippen molar-refractivity contribution in [3.63, 3.8) is 0 Å². The van der Waals surface area contributed by atoms with E-state index in [0.29, 0.717) is 5.95 Å². The zero-order valence-electron chi connectivity index (χ0n) is 14.0. The van der Waals surface area contributed by atoms with Crippen LogP contribution in [-0.2, 0) is 0 Å². The van der Waals surface area contributed by atoms with Gasteiger partial charge >= 0.3 is 0 Å². The molecule has 0 saturated carbocycles. The lowest BCUT2D eigenvalue weighted by Crippen LogP contribution is -1.94. The monoisotopic (exact) mass is 336 g/mol. The van der Waals surface area contributed by atoms with Gasteiger partial charge in [-0.1, -0.05) is 60.7 Å². The quantitative estimate of drug-likeness (QED) is 0.266. The Kier molecular flexibility index (Phi) is 3.39. The average molecular weight is 336 g/mol. The summed E-state index contributed by atoms with van der Waals surface area (Å²) in [4.78, 5) is 7.71. The molecule has 1 aromatic heterocycles. The molecule has 0 atom stereocenters. The number of nitrogens with zero attached hydrogens (tertiary/aromatic N) is 2. The summed E-state index contributed by atoms with van der Waals surface area (Å²) in [5, 5.41) is 9.21. The molecule has 26 heavy (non-hydrogen) atoms. The maximum atomic E-state index is 4.49. The molecule has 1 heterocycles. The summed E-state index contributed by atoms with van der Waals surface area (Å²) in [5.41, 5.74) is 6.02. The fraction of sp³-hybridized carbons (Fsp3) is 0. The molecule has 5 rings (SSSR count). The van der Waals surface area contributed by atoms with Crippen LogP contribution >= 0.6 is 0 Å². The third-order valence-corrected chi connectivity index (χ3v) is 4.57. The minimum Gasteiger partial charge on any atom is -0.323 e. The lowest BCUT2D eigenvalue weighted by Gasteiger charge is -2.07. The number of hydrogen-bond acceptors (Lipinski definition) is 3. The Hall–Kier alpha value is -3.66. The Morgan fingerprint density at radius 2 is 1.46 bits per heavy atom. The zero-order chi connectivity index (χ0) is 17.3. The molecule has 0 spiro atoms. The molecule has 2 N–H and O–H groups in total. The molecule has 0 bridgehead atoms. The largest absolute Gasteiger partial charge is 0.323 e. The average Bonchev–Trinajstić information content (AvgIpc) is 3.10. The highest BCUT2D eigenvalue weighted by Gasteiger charge is 2.05. The molecule has 124 valence electrons. The van der Waals surface area contributed by atoms with Gasteiger partial charge in [-0.2, -0.15) is 5.10 Å². The van der Waals surface area contributed by atoms with Gasteiger partial charge in [-0.15, -0.1) is 0 Å². The molecule has 4 heteroatoms. The molecular weight excluding hydrogens is 320 g/mol. The summed E-state index contributed by atoms with van der Waals surface area (Å²) in [6, 6.07) is 26.9. The van der Waals surface area contributed by atoms with E-state index < -0.39 is 0 Å². The van der Waals surface area contributed by atoms with Gasteiger partial charge in [-0.05, 0) is 39.7 Å². The number of rotatable bonds is 3. The number of imidazole rings is 1. The minimum absolute atomic E-state index is 0.631. The molecule has 0 saturated heterocycles. The first-order chi connectivity index (χ1) is 12.9. The van der Waals surface area contributed by atoms with Crippen molar-refractivity contribution in [2.45, 2.75) is 0 Å². The van der Waals surface area contributed by atoms with E-state index in [-0.39, 0.29) is 0 Å². The van der Waals surface area contributed by atoms with Crippen molar-refractivity contribution in [3.05, 3.63) is 84.4 Å². The van der Waals surface area contributed by atoms with Gasteiger partial charge in [0.25, 0.3) is 0 Å². The molecule has 4 aromatic carbocycles. The molecule has 0 aliphatic carbocycles. The number of aromatic nitrogens is 2. The summed E-state index contributed by atoms with van der Waals surface area (Å²) in [7, 11) is 0. The third-order valence-electron chi connectivity index (χ3n) is 4.57. The van der Waals surface area contributed by atoms with Crippen LogP contribution in [0.15, 0.2) is 84.0 Å². The highest BCUT2D eigenvalue weighted by atomic mass is 15.3. The van der Waals surface area contributed by atoms with Gasteiger partial charge in [-0.3, -0.25) is 0 Å². The topological polar surface area (TPSA) is 53.1 Å². The van der Waals surface area contributed by atoms with Crippen LogP contribution < -0.4 is 5.43 Å². The van der Waals surface area contributed by atoms with Gasteiger partial charge in [0.15, 0.2) is 0 Å². The fourth-order valence-corrected chi connectivity index (χ4v) is 3.35. The summed E-state index contributed by atoms with van der Waals surface area (Å²) < 4.78 is 0. The first kappa shape index (κ1) is 14.7. The Balaban J connectivity index is 1.57. The van der Waals surface area contributed by atoms with Gasteiger partial charge < -0.3 is 4.98 Å². The van der Waals surface area contributed by atoms with E-state index >= 15 is 0 Å². The summed E-state index contributed by atoms with van der Waals surface area (Å²) in [6.45, 7) is 0. The Morgan fingerprint density at radius 3 is 2.19 bits per heavy atom. The van der Waals surface area contributed by atoms with Crippen molar-refractivity contribution in [1.82, 2.24) is 9.97 Å². The van der Waals surface area contributed by atoms with Crippen molar-refractivity contribution in [3.8, 4) is 0 Å². The Labute approximate surface area is 150 Å². The molecule has 0 radical (unpaired) electrons. The number of hydrazone groups is 1. The number of benzene rings is 4. The summed E-state index contributed by atoms with van der Waals surface area (Å²) in [5.74, 6) is 0.631. The maximum Gasteiger partial charge on any atom is 0.222 e. The number of hydrogen-bond donors (Lipinski definition) is 2. The van der Waals surface area contributed by atoms with Crippen LogP contribution in [0.3, 0.4) is 0 Å². The van der Waals surface area contributed by atoms with Gasteiger partial charge in [0.2, 0.25) is 5.95 Å². The molecule has 0 aliphatic heterocycles. The van der Waals surface area contributed by atoms with Gasteiger partial charge in [-0.25, -0.2) is 10.4 Å². The number of H-pyrrole nitrogens is 1. The predicted molar refractivity (Wildman–Crippen MR) is 109 cm³/mol. The normalized spacial score (nSPS) is 11.7. The van der Waals surface area contributed by atoms with Gasteiger partial charge in [0.05, 0.1) is 17.2 Å². The molecule has 4 nitrogen and oxygen atoms in total. The van der Waals surface area contributed by atoms with Crippen LogP contribution in [0.1, 0.15) is 5.56 Å². The van der Waals surface area contributed by atoms with E-state index in [1.807, 2.05) is 30.5 Å². The summed E-state index contributed by atoms with van der Waals surface area (Å²) >= 11 is 0. The fourth-order valence-electron chi connectivity index (χ4n) is 3.35. The molecule has 0 fully saturated rings. The highest BCUT2D eigenvalue weighted by molar-refractivity contribution is 6.13. The second kappa shape index (κ2) is 6.01. The van der Waals surface area contributed by atoms with Crippen molar-refractivity contribution in [1.29, 1.82) is 0 Å². The number of fused-ring (bicyclic) bond motifs is 3. The van der Waals surface area contributed by atoms with E-state index in [9.17, 15) is 0 Å². The first-order valence-electron chi connectivity index (χ1n) is 8.53. The third kappa shape index (κ3) is 2.48. The van der Waals surface area contributed by atoms with Crippen LogP contribution in [0, 0.1) is 0 Å². The Morgan fingerprint density at radius 1 is 0.808 bits per heavy atom. The summed E-state index contributed by atoms with van der Waals surface area (Å²) in [6.07, 6.45) is 1.87. The van der Waals surface area contributed by atoms with Crippen LogP contribution in [0.25, 0.3) is 32.6 Å². The van der Waals surface area contributed by atoms with Crippen LogP contribution in [-0.4, -0.2) is 16.2 Å². The second-order valence-corrected chi connectivity index (χ2v) is 6.21. The SMILES string of the molecule is C(=N\Nc1nc2ccccc2[nH]1)/c1c2ccccc2cc2ccccc12. The van der Waals surface area contributed by atoms with Crippen molar-refractivity contribution in [2.24, 2.45) is 5.10 Å². The van der Waals surface area contributed by atoms with Crippen molar-refractivity contribution in [2.75, 3.05) is 5.43 Å². The highest BCUT2D eigenvalue weighted by Crippen LogP contribution is 2.27. The predicted octanol–water partition coefficient (Wildman–Crippen LogP) is 5.32. The number of nitrogens with one attached hydrogen (secondary N) is 2. The molecular formula is C22H16N4. The molecule has 5 aromatic rings. The zero-order valence-corrected chi connectivity index (χ0v) is 14.0. The van der Waals surface area contributed by atoms with Gasteiger partial charge in [0.1, 0.15) is 0 Å². The minimum atomic E-state index is 0.631. The van der Waals surface area contributed by atoms with Gasteiger partial charge in [0, 0.05) is 5.56 Å². The van der Waals surface area contributed by atoms with Crippen molar-refractivity contribution >= 4 is 44.7 Å². The van der Waals surface area contributed by atoms with E-state index in [1.165, 1.54) is 21.5 Å².